The lowest BCUT2D eigenvalue weighted by atomic mass is 9.99. The molecule has 0 fully saturated rings. The van der Waals surface area contributed by atoms with Crippen LogP contribution >= 0.6 is 0 Å². The number of nitrogens with one attached hydrogen (secondary N) is 1. The lowest BCUT2D eigenvalue weighted by Crippen LogP contribution is -2.31. The molecule has 0 bridgehead atoms. The fourth-order valence-corrected chi connectivity index (χ4v) is 2.93. The first-order valence-corrected chi connectivity index (χ1v) is 8.30. The van der Waals surface area contributed by atoms with Crippen molar-refractivity contribution in [2.45, 2.75) is 26.3 Å². The van der Waals surface area contributed by atoms with E-state index >= 15 is 0 Å². The van der Waals surface area contributed by atoms with Gasteiger partial charge in [0.1, 0.15) is 5.82 Å². The molecule has 1 N–H and O–H groups in total. The third kappa shape index (κ3) is 3.37. The number of rotatable bonds is 6. The second-order valence-corrected chi connectivity index (χ2v) is 5.81. The third-order valence-corrected chi connectivity index (χ3v) is 4.22. The van der Waals surface area contributed by atoms with Crippen LogP contribution in [0.15, 0.2) is 24.4 Å². The van der Waals surface area contributed by atoms with E-state index < -0.39 is 0 Å². The monoisotopic (exact) mass is 328 g/mol. The zero-order valence-corrected chi connectivity index (χ0v) is 14.5. The smallest absolute Gasteiger partial charge is 0.224 e. The molecule has 0 saturated heterocycles. The molecule has 128 valence electrons. The summed E-state index contributed by atoms with van der Waals surface area (Å²) in [5.74, 6) is 3.19. The molecule has 3 rings (SSSR count). The quantitative estimate of drug-likeness (QED) is 0.880. The molecule has 1 aromatic carbocycles. The molecular formula is C18H24N4O2. The Hall–Kier alpha value is -2.50. The minimum Gasteiger partial charge on any atom is -0.493 e. The summed E-state index contributed by atoms with van der Waals surface area (Å²) in [6.07, 6.45) is 3.81. The Morgan fingerprint density at radius 2 is 1.92 bits per heavy atom. The molecule has 0 saturated carbocycles. The molecule has 0 radical (unpaired) electrons. The van der Waals surface area contributed by atoms with E-state index in [0.717, 1.165) is 49.8 Å². The van der Waals surface area contributed by atoms with E-state index in [9.17, 15) is 0 Å². The van der Waals surface area contributed by atoms with Crippen LogP contribution in [0.3, 0.4) is 0 Å². The SMILES string of the molecule is CCCNc1nccc(N2CCc3cc(OC)c(OC)cc3C2)n1. The summed E-state index contributed by atoms with van der Waals surface area (Å²) in [4.78, 5) is 11.2. The van der Waals surface area contributed by atoms with Crippen LogP contribution < -0.4 is 19.7 Å². The van der Waals surface area contributed by atoms with Gasteiger partial charge in [-0.05, 0) is 42.2 Å². The van der Waals surface area contributed by atoms with Gasteiger partial charge in [0, 0.05) is 25.8 Å². The van der Waals surface area contributed by atoms with Crippen molar-refractivity contribution < 1.29 is 9.47 Å². The van der Waals surface area contributed by atoms with E-state index in [-0.39, 0.29) is 0 Å². The summed E-state index contributed by atoms with van der Waals surface area (Å²) < 4.78 is 10.8. The van der Waals surface area contributed by atoms with Crippen molar-refractivity contribution >= 4 is 11.8 Å². The molecule has 6 nitrogen and oxygen atoms in total. The predicted octanol–water partition coefficient (Wildman–Crippen LogP) is 2.88. The van der Waals surface area contributed by atoms with Crippen LogP contribution in [0.25, 0.3) is 0 Å². The highest BCUT2D eigenvalue weighted by Gasteiger charge is 2.20. The first kappa shape index (κ1) is 16.4. The van der Waals surface area contributed by atoms with E-state index in [1.807, 2.05) is 12.3 Å². The highest BCUT2D eigenvalue weighted by atomic mass is 16.5. The van der Waals surface area contributed by atoms with Crippen LogP contribution in [0, 0.1) is 0 Å². The summed E-state index contributed by atoms with van der Waals surface area (Å²) in [6, 6.07) is 6.11. The zero-order chi connectivity index (χ0) is 16.9. The summed E-state index contributed by atoms with van der Waals surface area (Å²) in [7, 11) is 3.34. The molecule has 0 aliphatic carbocycles. The largest absolute Gasteiger partial charge is 0.493 e. The van der Waals surface area contributed by atoms with Crippen molar-refractivity contribution in [3.8, 4) is 11.5 Å². The minimum atomic E-state index is 0.687. The highest BCUT2D eigenvalue weighted by Crippen LogP contribution is 2.34. The van der Waals surface area contributed by atoms with Gasteiger partial charge in [-0.15, -0.1) is 0 Å². The summed E-state index contributed by atoms with van der Waals surface area (Å²) in [5, 5.41) is 3.24. The van der Waals surface area contributed by atoms with E-state index in [0.29, 0.717) is 5.95 Å². The van der Waals surface area contributed by atoms with Crippen molar-refractivity contribution in [1.29, 1.82) is 0 Å². The molecule has 1 aliphatic rings. The number of benzene rings is 1. The Morgan fingerprint density at radius 3 is 2.62 bits per heavy atom. The predicted molar refractivity (Wildman–Crippen MR) is 95.1 cm³/mol. The molecule has 2 heterocycles. The molecule has 2 aromatic rings. The molecule has 24 heavy (non-hydrogen) atoms. The standard InChI is InChI=1S/C18H24N4O2/c1-4-7-19-18-20-8-5-17(21-18)22-9-6-13-10-15(23-2)16(24-3)11-14(13)12-22/h5,8,10-11H,4,6-7,9,12H2,1-3H3,(H,19,20,21). The second kappa shape index (κ2) is 7.38. The Kier molecular flexibility index (Phi) is 5.03. The van der Waals surface area contributed by atoms with Gasteiger partial charge in [-0.25, -0.2) is 4.98 Å². The summed E-state index contributed by atoms with van der Waals surface area (Å²) in [5.41, 5.74) is 2.56. The van der Waals surface area contributed by atoms with Gasteiger partial charge in [0.25, 0.3) is 0 Å². The molecule has 0 spiro atoms. The van der Waals surface area contributed by atoms with Gasteiger partial charge in [-0.2, -0.15) is 4.98 Å². The van der Waals surface area contributed by atoms with Crippen LogP contribution in [-0.4, -0.2) is 37.3 Å². The van der Waals surface area contributed by atoms with Crippen LogP contribution in [0.1, 0.15) is 24.5 Å². The fourth-order valence-electron chi connectivity index (χ4n) is 2.93. The molecule has 0 atom stereocenters. The number of hydrogen-bond donors (Lipinski definition) is 1. The topological polar surface area (TPSA) is 59.5 Å². The van der Waals surface area contributed by atoms with Gasteiger partial charge >= 0.3 is 0 Å². The number of nitrogens with zero attached hydrogens (tertiary/aromatic N) is 3. The second-order valence-electron chi connectivity index (χ2n) is 5.81. The number of aromatic nitrogens is 2. The molecule has 6 heteroatoms. The molecule has 1 aromatic heterocycles. The average Bonchev–Trinajstić information content (AvgIpc) is 2.64. The lowest BCUT2D eigenvalue weighted by molar-refractivity contribution is 0.353. The first-order chi connectivity index (χ1) is 11.7. The van der Waals surface area contributed by atoms with Crippen molar-refractivity contribution in [1.82, 2.24) is 9.97 Å². The summed E-state index contributed by atoms with van der Waals surface area (Å²) >= 11 is 0. The Bertz CT molecular complexity index is 705. The number of ether oxygens (including phenoxy) is 2. The van der Waals surface area contributed by atoms with Gasteiger partial charge in [0.15, 0.2) is 11.5 Å². The molecular weight excluding hydrogens is 304 g/mol. The van der Waals surface area contributed by atoms with Gasteiger partial charge in [-0.1, -0.05) is 6.92 Å². The molecule has 0 amide bonds. The third-order valence-electron chi connectivity index (χ3n) is 4.22. The van der Waals surface area contributed by atoms with Gasteiger partial charge in [0.05, 0.1) is 14.2 Å². The average molecular weight is 328 g/mol. The number of methoxy groups -OCH3 is 2. The van der Waals surface area contributed by atoms with Gasteiger partial charge in [0.2, 0.25) is 5.95 Å². The molecule has 0 unspecified atom stereocenters. The maximum absolute atomic E-state index is 5.43. The van der Waals surface area contributed by atoms with E-state index in [2.05, 4.69) is 39.2 Å². The van der Waals surface area contributed by atoms with Crippen molar-refractivity contribution in [3.05, 3.63) is 35.5 Å². The Morgan fingerprint density at radius 1 is 1.17 bits per heavy atom. The van der Waals surface area contributed by atoms with Gasteiger partial charge < -0.3 is 19.7 Å². The van der Waals surface area contributed by atoms with Gasteiger partial charge in [-0.3, -0.25) is 0 Å². The zero-order valence-electron chi connectivity index (χ0n) is 14.5. The van der Waals surface area contributed by atoms with Crippen molar-refractivity contribution in [3.63, 3.8) is 0 Å². The molecule has 1 aliphatic heterocycles. The number of fused-ring (bicyclic) bond motifs is 1. The normalized spacial score (nSPS) is 13.4. The van der Waals surface area contributed by atoms with E-state index in [4.69, 9.17) is 9.47 Å². The lowest BCUT2D eigenvalue weighted by Gasteiger charge is -2.30. The van der Waals surface area contributed by atoms with Crippen LogP contribution in [0.2, 0.25) is 0 Å². The van der Waals surface area contributed by atoms with Crippen LogP contribution in [0.5, 0.6) is 11.5 Å². The van der Waals surface area contributed by atoms with Crippen LogP contribution in [0.4, 0.5) is 11.8 Å². The number of hydrogen-bond acceptors (Lipinski definition) is 6. The first-order valence-electron chi connectivity index (χ1n) is 8.30. The minimum absolute atomic E-state index is 0.687. The van der Waals surface area contributed by atoms with Crippen molar-refractivity contribution in [2.75, 3.05) is 37.5 Å². The Balaban J connectivity index is 1.82. The Labute approximate surface area is 142 Å². The van der Waals surface area contributed by atoms with Crippen molar-refractivity contribution in [2.24, 2.45) is 0 Å². The fraction of sp³-hybridized carbons (Fsp3) is 0.444. The van der Waals surface area contributed by atoms with Crippen LogP contribution in [-0.2, 0) is 13.0 Å². The maximum atomic E-state index is 5.43. The van der Waals surface area contributed by atoms with E-state index in [1.54, 1.807) is 14.2 Å². The maximum Gasteiger partial charge on any atom is 0.224 e. The number of anilines is 2. The highest BCUT2D eigenvalue weighted by molar-refractivity contribution is 5.52. The van der Waals surface area contributed by atoms with E-state index in [1.165, 1.54) is 11.1 Å². The summed E-state index contributed by atoms with van der Waals surface area (Å²) in [6.45, 7) is 4.73.